The average molecular weight is 586 g/mol. The number of benzene rings is 2. The predicted octanol–water partition coefficient (Wildman–Crippen LogP) is 4.09. The van der Waals surface area contributed by atoms with Gasteiger partial charge >= 0.3 is 18.9 Å². The minimum absolute atomic E-state index is 0. The molecule has 0 aliphatic heterocycles. The van der Waals surface area contributed by atoms with Gasteiger partial charge in [0.1, 0.15) is 0 Å². The summed E-state index contributed by atoms with van der Waals surface area (Å²) in [6.45, 7) is 2.55. The summed E-state index contributed by atoms with van der Waals surface area (Å²) in [5.74, 6) is 0.528. The van der Waals surface area contributed by atoms with Gasteiger partial charge < -0.3 is 20.0 Å². The van der Waals surface area contributed by atoms with Crippen molar-refractivity contribution in [2.75, 3.05) is 12.0 Å². The van der Waals surface area contributed by atoms with Crippen LogP contribution >= 0.6 is 11.8 Å². The SMILES string of the molecule is CSCC[C@H](NC(=O)c1ccc(COC(CC2CCCCC2)CC2CCCCC2)cc1-c1ccccc1C)C(=O)[O-].[Li+]. The van der Waals surface area contributed by atoms with Gasteiger partial charge in [-0.25, -0.2) is 0 Å². The van der Waals surface area contributed by atoms with Gasteiger partial charge in [0, 0.05) is 5.56 Å². The summed E-state index contributed by atoms with van der Waals surface area (Å²) >= 11 is 1.55. The fourth-order valence-corrected chi connectivity index (χ4v) is 7.20. The second-order valence-corrected chi connectivity index (χ2v) is 13.2. The van der Waals surface area contributed by atoms with Crippen molar-refractivity contribution in [1.82, 2.24) is 5.32 Å². The van der Waals surface area contributed by atoms with Gasteiger partial charge in [0.15, 0.2) is 0 Å². The fraction of sp³-hybridized carbons (Fsp3) is 0.600. The van der Waals surface area contributed by atoms with Crippen molar-refractivity contribution in [3.05, 3.63) is 59.2 Å². The standard InChI is InChI=1S/C35H49NO4S.Li/c1-25-11-9-10-16-30(25)32-23-28(17-18-31(32)34(37)36-33(35(38)39)19-20-41-2)24-40-29(21-26-12-5-3-6-13-26)22-27-14-7-4-8-15-27;/h9-11,16-18,23,26-27,29,33H,3-8,12-15,19-22,24H2,1-2H3,(H,36,37)(H,38,39);/q;+1/p-1/t33-;/m0./s1. The Hall–Kier alpha value is -1.71. The number of carbonyl (C=O) groups is 2. The van der Waals surface area contributed by atoms with Crippen LogP contribution < -0.4 is 29.3 Å². The number of thioether (sulfide) groups is 1. The Kier molecular flexibility index (Phi) is 15.1. The molecule has 0 spiro atoms. The molecule has 0 saturated heterocycles. The van der Waals surface area contributed by atoms with E-state index in [9.17, 15) is 14.7 Å². The van der Waals surface area contributed by atoms with Crippen molar-refractivity contribution in [2.45, 2.75) is 109 Å². The molecule has 1 atom stereocenters. The van der Waals surface area contributed by atoms with Gasteiger partial charge in [-0.2, -0.15) is 11.8 Å². The number of aliphatic carboxylic acids is 1. The molecule has 42 heavy (non-hydrogen) atoms. The van der Waals surface area contributed by atoms with Gasteiger partial charge in [-0.3, -0.25) is 4.79 Å². The van der Waals surface area contributed by atoms with E-state index in [-0.39, 0.29) is 25.0 Å². The first-order valence-corrected chi connectivity index (χ1v) is 17.1. The van der Waals surface area contributed by atoms with Crippen molar-refractivity contribution in [1.29, 1.82) is 0 Å². The Morgan fingerprint density at radius 2 is 1.55 bits per heavy atom. The van der Waals surface area contributed by atoms with Crippen LogP contribution in [0.5, 0.6) is 0 Å². The van der Waals surface area contributed by atoms with Crippen LogP contribution in [0.1, 0.15) is 105 Å². The van der Waals surface area contributed by atoms with Crippen LogP contribution in [0.2, 0.25) is 0 Å². The third-order valence-electron chi connectivity index (χ3n) is 9.09. The first-order chi connectivity index (χ1) is 19.9. The Labute approximate surface area is 269 Å². The van der Waals surface area contributed by atoms with Crippen molar-refractivity contribution < 1.29 is 38.3 Å². The number of hydrogen-bond donors (Lipinski definition) is 1. The zero-order chi connectivity index (χ0) is 29.0. The number of carboxylic acid groups (broad SMARTS) is 1. The van der Waals surface area contributed by atoms with Gasteiger partial charge in [0.2, 0.25) is 0 Å². The van der Waals surface area contributed by atoms with E-state index in [0.717, 1.165) is 46.9 Å². The summed E-state index contributed by atoms with van der Waals surface area (Å²) in [5.41, 5.74) is 4.34. The van der Waals surface area contributed by atoms with E-state index in [4.69, 9.17) is 4.74 Å². The molecule has 4 rings (SSSR count). The van der Waals surface area contributed by atoms with Crippen LogP contribution in [0.3, 0.4) is 0 Å². The number of carbonyl (C=O) groups excluding carboxylic acids is 2. The van der Waals surface area contributed by atoms with E-state index in [1.807, 2.05) is 49.6 Å². The molecule has 1 N–H and O–H groups in total. The number of hydrogen-bond acceptors (Lipinski definition) is 5. The molecule has 0 radical (unpaired) electrons. The first-order valence-electron chi connectivity index (χ1n) is 15.8. The number of aryl methyl sites for hydroxylation is 1. The van der Waals surface area contributed by atoms with Gasteiger partial charge in [0.05, 0.1) is 24.7 Å². The fourth-order valence-electron chi connectivity index (χ4n) is 6.73. The van der Waals surface area contributed by atoms with Crippen molar-refractivity contribution >= 4 is 23.6 Å². The van der Waals surface area contributed by atoms with Gasteiger partial charge in [-0.1, -0.05) is 94.5 Å². The molecule has 224 valence electrons. The quantitative estimate of drug-likeness (QED) is 0.338. The maximum absolute atomic E-state index is 13.4. The molecular formula is C35H48LiNO4S. The van der Waals surface area contributed by atoms with E-state index in [0.29, 0.717) is 24.3 Å². The molecule has 2 aromatic carbocycles. The molecule has 2 aliphatic rings. The summed E-state index contributed by atoms with van der Waals surface area (Å²) in [7, 11) is 0. The van der Waals surface area contributed by atoms with Gasteiger partial charge in [-0.15, -0.1) is 0 Å². The van der Waals surface area contributed by atoms with Crippen LogP contribution in [0, 0.1) is 18.8 Å². The van der Waals surface area contributed by atoms with E-state index >= 15 is 0 Å². The monoisotopic (exact) mass is 585 g/mol. The van der Waals surface area contributed by atoms with Crippen LogP contribution in [0.25, 0.3) is 11.1 Å². The Morgan fingerprint density at radius 3 is 2.12 bits per heavy atom. The molecular weight excluding hydrogens is 537 g/mol. The third kappa shape index (κ3) is 10.5. The number of ether oxygens (including phenoxy) is 1. The molecule has 2 saturated carbocycles. The number of rotatable bonds is 14. The summed E-state index contributed by atoms with van der Waals surface area (Å²) < 4.78 is 6.71. The molecule has 0 aromatic heterocycles. The molecule has 5 nitrogen and oxygen atoms in total. The zero-order valence-corrected chi connectivity index (χ0v) is 26.8. The average Bonchev–Trinajstić information content (AvgIpc) is 2.99. The van der Waals surface area contributed by atoms with E-state index in [1.165, 1.54) is 64.2 Å². The van der Waals surface area contributed by atoms with Crippen molar-refractivity contribution in [2.24, 2.45) is 11.8 Å². The minimum atomic E-state index is -1.25. The molecule has 0 unspecified atom stereocenters. The molecule has 7 heteroatoms. The largest absolute Gasteiger partial charge is 1.00 e. The number of nitrogens with one attached hydrogen (secondary N) is 1. The maximum atomic E-state index is 13.4. The van der Waals surface area contributed by atoms with E-state index in [1.54, 1.807) is 11.8 Å². The van der Waals surface area contributed by atoms with Gasteiger partial charge in [0.25, 0.3) is 5.91 Å². The summed E-state index contributed by atoms with van der Waals surface area (Å²) in [6.07, 6.45) is 18.3. The summed E-state index contributed by atoms with van der Waals surface area (Å²) in [5, 5.41) is 14.4. The number of amides is 1. The molecule has 2 aliphatic carbocycles. The van der Waals surface area contributed by atoms with Crippen LogP contribution in [-0.2, 0) is 16.1 Å². The minimum Gasteiger partial charge on any atom is -0.548 e. The Bertz CT molecular complexity index is 1110. The molecule has 0 heterocycles. The number of carboxylic acids is 1. The Balaban J connectivity index is 0.00000484. The topological polar surface area (TPSA) is 78.5 Å². The van der Waals surface area contributed by atoms with E-state index < -0.39 is 17.9 Å². The molecule has 1 amide bonds. The van der Waals surface area contributed by atoms with E-state index in [2.05, 4.69) is 11.4 Å². The second kappa shape index (κ2) is 18.2. The van der Waals surface area contributed by atoms with Crippen molar-refractivity contribution in [3.63, 3.8) is 0 Å². The van der Waals surface area contributed by atoms with Crippen molar-refractivity contribution in [3.8, 4) is 11.1 Å². The predicted molar refractivity (Wildman–Crippen MR) is 167 cm³/mol. The molecule has 2 aromatic rings. The van der Waals surface area contributed by atoms with Gasteiger partial charge in [-0.05, 0) is 84.4 Å². The van der Waals surface area contributed by atoms with Crippen LogP contribution in [0.4, 0.5) is 0 Å². The summed E-state index contributed by atoms with van der Waals surface area (Å²) in [4.78, 5) is 25.1. The second-order valence-electron chi connectivity index (χ2n) is 12.2. The first kappa shape index (κ1) is 34.8. The zero-order valence-electron chi connectivity index (χ0n) is 26.0. The third-order valence-corrected chi connectivity index (χ3v) is 9.74. The normalized spacial score (nSPS) is 17.0. The molecule has 2 fully saturated rings. The smallest absolute Gasteiger partial charge is 0.548 e. The van der Waals surface area contributed by atoms with Crippen LogP contribution in [-0.4, -0.2) is 36.0 Å². The molecule has 0 bridgehead atoms. The Morgan fingerprint density at radius 1 is 0.929 bits per heavy atom. The van der Waals surface area contributed by atoms with Crippen LogP contribution in [0.15, 0.2) is 42.5 Å². The maximum Gasteiger partial charge on any atom is 1.00 e. The summed E-state index contributed by atoms with van der Waals surface area (Å²) in [6, 6.07) is 12.8.